The van der Waals surface area contributed by atoms with Crippen molar-refractivity contribution in [3.8, 4) is 5.75 Å². The Bertz CT molecular complexity index is 1190. The zero-order valence-corrected chi connectivity index (χ0v) is 18.1. The van der Waals surface area contributed by atoms with E-state index in [0.717, 1.165) is 5.56 Å². The summed E-state index contributed by atoms with van der Waals surface area (Å²) in [5, 5.41) is 3.82. The smallest absolute Gasteiger partial charge is 0.278 e. The van der Waals surface area contributed by atoms with E-state index in [1.165, 1.54) is 12.0 Å². The Morgan fingerprint density at radius 3 is 2.32 bits per heavy atom. The SMILES string of the molecule is COc1ccccc1NC1=C(c2ccc(Cl)cc2Cl)C(=O)N(Cc2ccccc2)C1=O. The Morgan fingerprint density at radius 2 is 1.61 bits per heavy atom. The largest absolute Gasteiger partial charge is 0.495 e. The van der Waals surface area contributed by atoms with Gasteiger partial charge in [0.1, 0.15) is 11.4 Å². The molecule has 4 rings (SSSR count). The molecule has 0 unspecified atom stereocenters. The molecule has 156 valence electrons. The quantitative estimate of drug-likeness (QED) is 0.509. The van der Waals surface area contributed by atoms with Crippen LogP contribution < -0.4 is 10.1 Å². The second kappa shape index (κ2) is 8.84. The van der Waals surface area contributed by atoms with Crippen LogP contribution in [-0.4, -0.2) is 23.8 Å². The number of anilines is 1. The first kappa shape index (κ1) is 21.0. The summed E-state index contributed by atoms with van der Waals surface area (Å²) in [6.45, 7) is 0.143. The topological polar surface area (TPSA) is 58.6 Å². The fourth-order valence-electron chi connectivity index (χ4n) is 3.43. The van der Waals surface area contributed by atoms with E-state index < -0.39 is 11.8 Å². The van der Waals surface area contributed by atoms with Crippen molar-refractivity contribution in [2.45, 2.75) is 6.54 Å². The van der Waals surface area contributed by atoms with Gasteiger partial charge in [0.05, 0.1) is 29.9 Å². The van der Waals surface area contributed by atoms with Crippen LogP contribution in [0, 0.1) is 0 Å². The molecule has 0 bridgehead atoms. The molecule has 0 radical (unpaired) electrons. The van der Waals surface area contributed by atoms with Gasteiger partial charge in [0.2, 0.25) is 0 Å². The molecule has 0 fully saturated rings. The number of para-hydroxylation sites is 2. The first-order chi connectivity index (χ1) is 15.0. The number of ether oxygens (including phenoxy) is 1. The number of benzene rings is 3. The summed E-state index contributed by atoms with van der Waals surface area (Å²) in [7, 11) is 1.54. The molecule has 1 N–H and O–H groups in total. The van der Waals surface area contributed by atoms with Gasteiger partial charge in [-0.2, -0.15) is 0 Å². The Labute approximate surface area is 189 Å². The van der Waals surface area contributed by atoms with Crippen molar-refractivity contribution in [1.29, 1.82) is 0 Å². The number of imide groups is 1. The Kier molecular flexibility index (Phi) is 5.98. The highest BCUT2D eigenvalue weighted by Crippen LogP contribution is 2.37. The first-order valence-electron chi connectivity index (χ1n) is 9.49. The van der Waals surface area contributed by atoms with Gasteiger partial charge in [-0.1, -0.05) is 71.7 Å². The third kappa shape index (κ3) is 4.15. The molecule has 3 aromatic carbocycles. The highest BCUT2D eigenvalue weighted by molar-refractivity contribution is 6.41. The molecular weight excluding hydrogens is 435 g/mol. The van der Waals surface area contributed by atoms with Crippen LogP contribution in [0.15, 0.2) is 78.5 Å². The van der Waals surface area contributed by atoms with Crippen molar-refractivity contribution in [2.24, 2.45) is 0 Å². The molecule has 2 amide bonds. The van der Waals surface area contributed by atoms with Crippen LogP contribution in [0.5, 0.6) is 5.75 Å². The molecule has 0 atom stereocenters. The van der Waals surface area contributed by atoms with Crippen molar-refractivity contribution >= 4 is 46.3 Å². The second-order valence-corrected chi connectivity index (χ2v) is 7.73. The van der Waals surface area contributed by atoms with Crippen LogP contribution in [0.2, 0.25) is 10.0 Å². The molecule has 5 nitrogen and oxygen atoms in total. The number of carbonyl (C=O) groups excluding carboxylic acids is 2. The summed E-state index contributed by atoms with van der Waals surface area (Å²) >= 11 is 12.4. The molecule has 1 aliphatic rings. The van der Waals surface area contributed by atoms with Crippen molar-refractivity contribution in [3.05, 3.63) is 99.7 Å². The maximum Gasteiger partial charge on any atom is 0.278 e. The fourth-order valence-corrected chi connectivity index (χ4v) is 3.93. The number of methoxy groups -OCH3 is 1. The average molecular weight is 453 g/mol. The van der Waals surface area contributed by atoms with Gasteiger partial charge in [0, 0.05) is 10.6 Å². The number of amides is 2. The van der Waals surface area contributed by atoms with Crippen LogP contribution in [-0.2, 0) is 16.1 Å². The molecular formula is C24H18Cl2N2O3. The minimum atomic E-state index is -0.444. The summed E-state index contributed by atoms with van der Waals surface area (Å²) in [5.74, 6) is -0.338. The summed E-state index contributed by atoms with van der Waals surface area (Å²) in [4.78, 5) is 28.0. The standard InChI is InChI=1S/C24H18Cl2N2O3/c1-31-20-10-6-5-9-19(20)27-22-21(17-12-11-16(25)13-18(17)26)23(29)28(24(22)30)14-15-7-3-2-4-8-15/h2-13,27H,14H2,1H3. The lowest BCUT2D eigenvalue weighted by Gasteiger charge is -2.16. The Balaban J connectivity index is 1.80. The number of hydrogen-bond donors (Lipinski definition) is 1. The summed E-state index contributed by atoms with van der Waals surface area (Å²) < 4.78 is 5.38. The number of halogens is 2. The van der Waals surface area contributed by atoms with E-state index in [-0.39, 0.29) is 22.8 Å². The molecule has 7 heteroatoms. The number of nitrogens with one attached hydrogen (secondary N) is 1. The first-order valence-corrected chi connectivity index (χ1v) is 10.2. The van der Waals surface area contributed by atoms with E-state index in [4.69, 9.17) is 27.9 Å². The second-order valence-electron chi connectivity index (χ2n) is 6.88. The minimum Gasteiger partial charge on any atom is -0.495 e. The van der Waals surface area contributed by atoms with Crippen LogP contribution >= 0.6 is 23.2 Å². The lowest BCUT2D eigenvalue weighted by molar-refractivity contribution is -0.137. The molecule has 3 aromatic rings. The Hall–Kier alpha value is -3.28. The van der Waals surface area contributed by atoms with Gasteiger partial charge in [-0.3, -0.25) is 14.5 Å². The molecule has 0 saturated heterocycles. The zero-order valence-electron chi connectivity index (χ0n) is 16.6. The van der Waals surface area contributed by atoms with E-state index >= 15 is 0 Å². The Morgan fingerprint density at radius 1 is 0.903 bits per heavy atom. The summed E-state index contributed by atoms with van der Waals surface area (Å²) in [5.41, 5.74) is 2.15. The average Bonchev–Trinajstić information content (AvgIpc) is 2.99. The van der Waals surface area contributed by atoms with Gasteiger partial charge in [-0.15, -0.1) is 0 Å². The van der Waals surface area contributed by atoms with Crippen LogP contribution in [0.25, 0.3) is 5.57 Å². The monoisotopic (exact) mass is 452 g/mol. The number of rotatable bonds is 6. The van der Waals surface area contributed by atoms with E-state index in [1.54, 1.807) is 30.3 Å². The fraction of sp³-hybridized carbons (Fsp3) is 0.0833. The van der Waals surface area contributed by atoms with E-state index in [2.05, 4.69) is 5.32 Å². The van der Waals surface area contributed by atoms with Crippen molar-refractivity contribution in [3.63, 3.8) is 0 Å². The van der Waals surface area contributed by atoms with Crippen LogP contribution in [0.3, 0.4) is 0 Å². The predicted molar refractivity (Wildman–Crippen MR) is 122 cm³/mol. The predicted octanol–water partition coefficient (Wildman–Crippen LogP) is 5.39. The maximum atomic E-state index is 13.4. The van der Waals surface area contributed by atoms with Crippen LogP contribution in [0.1, 0.15) is 11.1 Å². The highest BCUT2D eigenvalue weighted by atomic mass is 35.5. The lowest BCUT2D eigenvalue weighted by Crippen LogP contribution is -2.32. The van der Waals surface area contributed by atoms with Crippen molar-refractivity contribution in [1.82, 2.24) is 4.90 Å². The van der Waals surface area contributed by atoms with E-state index in [9.17, 15) is 9.59 Å². The summed E-state index contributed by atoms with van der Waals surface area (Å²) in [6.07, 6.45) is 0. The molecule has 0 aliphatic carbocycles. The zero-order chi connectivity index (χ0) is 22.0. The van der Waals surface area contributed by atoms with Gasteiger partial charge in [-0.05, 0) is 29.8 Å². The van der Waals surface area contributed by atoms with Gasteiger partial charge in [0.25, 0.3) is 11.8 Å². The molecule has 1 heterocycles. The minimum absolute atomic E-state index is 0.134. The molecule has 1 aliphatic heterocycles. The van der Waals surface area contributed by atoms with Crippen molar-refractivity contribution < 1.29 is 14.3 Å². The third-order valence-electron chi connectivity index (χ3n) is 4.92. The van der Waals surface area contributed by atoms with E-state index in [0.29, 0.717) is 22.0 Å². The number of nitrogens with zero attached hydrogens (tertiary/aromatic N) is 1. The van der Waals surface area contributed by atoms with Gasteiger partial charge in [0.15, 0.2) is 0 Å². The van der Waals surface area contributed by atoms with Crippen molar-refractivity contribution in [2.75, 3.05) is 12.4 Å². The van der Waals surface area contributed by atoms with Gasteiger partial charge in [-0.25, -0.2) is 0 Å². The molecule has 0 spiro atoms. The number of carbonyl (C=O) groups is 2. The third-order valence-corrected chi connectivity index (χ3v) is 5.47. The highest BCUT2D eigenvalue weighted by Gasteiger charge is 2.40. The normalized spacial score (nSPS) is 13.7. The number of hydrogen-bond acceptors (Lipinski definition) is 4. The summed E-state index contributed by atoms with van der Waals surface area (Å²) in [6, 6.07) is 21.3. The molecule has 31 heavy (non-hydrogen) atoms. The molecule has 0 saturated carbocycles. The van der Waals surface area contributed by atoms with Gasteiger partial charge < -0.3 is 10.1 Å². The molecule has 0 aromatic heterocycles. The van der Waals surface area contributed by atoms with Gasteiger partial charge >= 0.3 is 0 Å². The lowest BCUT2D eigenvalue weighted by atomic mass is 10.0. The maximum absolute atomic E-state index is 13.4. The van der Waals surface area contributed by atoms with Crippen LogP contribution in [0.4, 0.5) is 5.69 Å². The van der Waals surface area contributed by atoms with E-state index in [1.807, 2.05) is 42.5 Å².